The van der Waals surface area contributed by atoms with E-state index in [0.717, 1.165) is 5.69 Å². The van der Waals surface area contributed by atoms with Crippen molar-refractivity contribution in [1.29, 1.82) is 0 Å². The summed E-state index contributed by atoms with van der Waals surface area (Å²) in [7, 11) is 1.68. The largest absolute Gasteiger partial charge is 0.326 e. The van der Waals surface area contributed by atoms with E-state index in [-0.39, 0.29) is 6.03 Å². The number of halogens is 1. The first-order chi connectivity index (χ1) is 8.66. The van der Waals surface area contributed by atoms with Gasteiger partial charge in [0.15, 0.2) is 0 Å². The number of carbonyl (C=O) groups excluding carboxylic acids is 1. The molecule has 0 aliphatic carbocycles. The normalized spacial score (nSPS) is 9.89. The Morgan fingerprint density at radius 2 is 2.17 bits per heavy atom. The fourth-order valence-corrected chi connectivity index (χ4v) is 1.63. The molecule has 0 saturated heterocycles. The number of nitrogens with one attached hydrogen (secondary N) is 1. The maximum absolute atomic E-state index is 12.0. The van der Waals surface area contributed by atoms with Gasteiger partial charge in [-0.2, -0.15) is 0 Å². The van der Waals surface area contributed by atoms with Crippen molar-refractivity contribution in [2.45, 2.75) is 0 Å². The number of anilines is 2. The molecule has 0 bridgehead atoms. The van der Waals surface area contributed by atoms with Crippen LogP contribution in [0.25, 0.3) is 0 Å². The van der Waals surface area contributed by atoms with Crippen LogP contribution >= 0.6 is 11.6 Å². The zero-order chi connectivity index (χ0) is 13.0. The first-order valence-corrected chi connectivity index (χ1v) is 5.75. The van der Waals surface area contributed by atoms with Crippen molar-refractivity contribution >= 4 is 29.0 Å². The molecule has 0 saturated carbocycles. The van der Waals surface area contributed by atoms with Crippen LogP contribution in [0.4, 0.5) is 16.2 Å². The molecule has 0 aliphatic heterocycles. The number of hydrogen-bond donors (Lipinski definition) is 1. The Bertz CT molecular complexity index is 545. The number of amides is 2. The van der Waals surface area contributed by atoms with E-state index in [0.29, 0.717) is 10.7 Å². The molecule has 0 unspecified atom stereocenters. The maximum Gasteiger partial charge on any atom is 0.326 e. The Kier molecular flexibility index (Phi) is 3.79. The van der Waals surface area contributed by atoms with Gasteiger partial charge >= 0.3 is 6.03 Å². The molecule has 1 aromatic carbocycles. The van der Waals surface area contributed by atoms with Crippen molar-refractivity contribution in [3.63, 3.8) is 0 Å². The lowest BCUT2D eigenvalue weighted by atomic mass is 10.3. The van der Waals surface area contributed by atoms with Crippen molar-refractivity contribution in [3.8, 4) is 0 Å². The lowest BCUT2D eigenvalue weighted by Crippen LogP contribution is -2.31. The van der Waals surface area contributed by atoms with Crippen molar-refractivity contribution in [2.24, 2.45) is 0 Å². The second-order valence-corrected chi connectivity index (χ2v) is 4.15. The molecule has 5 heteroatoms. The van der Waals surface area contributed by atoms with Crippen molar-refractivity contribution in [1.82, 2.24) is 4.98 Å². The van der Waals surface area contributed by atoms with Gasteiger partial charge < -0.3 is 5.32 Å². The quantitative estimate of drug-likeness (QED) is 0.900. The van der Waals surface area contributed by atoms with Crippen LogP contribution in [0.15, 0.2) is 48.8 Å². The summed E-state index contributed by atoms with van der Waals surface area (Å²) in [4.78, 5) is 17.4. The van der Waals surface area contributed by atoms with Crippen LogP contribution in [0.2, 0.25) is 5.02 Å². The van der Waals surface area contributed by atoms with E-state index in [1.165, 1.54) is 4.90 Å². The van der Waals surface area contributed by atoms with Gasteiger partial charge in [0.1, 0.15) is 0 Å². The van der Waals surface area contributed by atoms with Gasteiger partial charge in [-0.25, -0.2) is 4.79 Å². The van der Waals surface area contributed by atoms with E-state index in [1.807, 2.05) is 6.07 Å². The average molecular weight is 262 g/mol. The summed E-state index contributed by atoms with van der Waals surface area (Å²) in [6, 6.07) is 10.3. The SMILES string of the molecule is CN(C(=O)Nc1cccc(Cl)c1)c1cccnc1. The van der Waals surface area contributed by atoms with E-state index in [1.54, 1.807) is 49.8 Å². The van der Waals surface area contributed by atoms with Gasteiger partial charge in [-0.1, -0.05) is 17.7 Å². The summed E-state index contributed by atoms with van der Waals surface area (Å²) < 4.78 is 0. The van der Waals surface area contributed by atoms with E-state index in [2.05, 4.69) is 10.3 Å². The number of benzene rings is 1. The minimum absolute atomic E-state index is 0.245. The van der Waals surface area contributed by atoms with Gasteiger partial charge in [0.05, 0.1) is 11.9 Å². The fraction of sp³-hybridized carbons (Fsp3) is 0.0769. The Morgan fingerprint density at radius 1 is 1.33 bits per heavy atom. The minimum Gasteiger partial charge on any atom is -0.307 e. The third-order valence-corrected chi connectivity index (χ3v) is 2.65. The molecule has 0 fully saturated rings. The highest BCUT2D eigenvalue weighted by Crippen LogP contribution is 2.16. The Hall–Kier alpha value is -2.07. The monoisotopic (exact) mass is 261 g/mol. The molecule has 2 aromatic rings. The van der Waals surface area contributed by atoms with E-state index < -0.39 is 0 Å². The van der Waals surface area contributed by atoms with E-state index in [4.69, 9.17) is 11.6 Å². The summed E-state index contributed by atoms with van der Waals surface area (Å²) in [6.07, 6.45) is 3.28. The average Bonchev–Trinajstić information content (AvgIpc) is 2.39. The summed E-state index contributed by atoms with van der Waals surface area (Å²) >= 11 is 5.85. The molecule has 0 radical (unpaired) electrons. The van der Waals surface area contributed by atoms with Crippen LogP contribution in [-0.2, 0) is 0 Å². The summed E-state index contributed by atoms with van der Waals surface area (Å²) in [5.41, 5.74) is 1.38. The number of pyridine rings is 1. The number of rotatable bonds is 2. The maximum atomic E-state index is 12.0. The first-order valence-electron chi connectivity index (χ1n) is 5.37. The number of urea groups is 1. The summed E-state index contributed by atoms with van der Waals surface area (Å²) in [5.74, 6) is 0. The molecule has 1 aromatic heterocycles. The first kappa shape index (κ1) is 12.4. The third-order valence-electron chi connectivity index (χ3n) is 2.41. The zero-order valence-electron chi connectivity index (χ0n) is 9.80. The number of nitrogens with zero attached hydrogens (tertiary/aromatic N) is 2. The smallest absolute Gasteiger partial charge is 0.307 e. The second kappa shape index (κ2) is 5.51. The highest BCUT2D eigenvalue weighted by molar-refractivity contribution is 6.30. The lowest BCUT2D eigenvalue weighted by molar-refractivity contribution is 0.258. The zero-order valence-corrected chi connectivity index (χ0v) is 10.6. The molecule has 2 rings (SSSR count). The molecule has 92 valence electrons. The van der Waals surface area contributed by atoms with Gasteiger partial charge in [0, 0.05) is 24.0 Å². The molecule has 2 amide bonds. The van der Waals surface area contributed by atoms with Gasteiger partial charge in [-0.15, -0.1) is 0 Å². The van der Waals surface area contributed by atoms with Crippen LogP contribution in [0.3, 0.4) is 0 Å². The fourth-order valence-electron chi connectivity index (χ4n) is 1.44. The number of aromatic nitrogens is 1. The van der Waals surface area contributed by atoms with Crippen LogP contribution in [-0.4, -0.2) is 18.1 Å². The van der Waals surface area contributed by atoms with Crippen LogP contribution in [0.1, 0.15) is 0 Å². The van der Waals surface area contributed by atoms with Gasteiger partial charge in [-0.3, -0.25) is 9.88 Å². The molecule has 4 nitrogen and oxygen atoms in total. The predicted molar refractivity (Wildman–Crippen MR) is 73.1 cm³/mol. The highest BCUT2D eigenvalue weighted by Gasteiger charge is 2.10. The predicted octanol–water partition coefficient (Wildman–Crippen LogP) is 3.40. The second-order valence-electron chi connectivity index (χ2n) is 3.71. The standard InChI is InChI=1S/C13H12ClN3O/c1-17(12-6-3-7-15-9-12)13(18)16-11-5-2-4-10(14)8-11/h2-9H,1H3,(H,16,18). The molecule has 0 spiro atoms. The Morgan fingerprint density at radius 3 is 2.83 bits per heavy atom. The minimum atomic E-state index is -0.245. The van der Waals surface area contributed by atoms with Crippen molar-refractivity contribution in [3.05, 3.63) is 53.8 Å². The molecule has 1 N–H and O–H groups in total. The lowest BCUT2D eigenvalue weighted by Gasteiger charge is -2.17. The van der Waals surface area contributed by atoms with Crippen molar-refractivity contribution < 1.29 is 4.79 Å². The molecule has 0 atom stereocenters. The highest BCUT2D eigenvalue weighted by atomic mass is 35.5. The molecule has 18 heavy (non-hydrogen) atoms. The van der Waals surface area contributed by atoms with Gasteiger partial charge in [0.25, 0.3) is 0 Å². The molecule has 1 heterocycles. The number of hydrogen-bond acceptors (Lipinski definition) is 2. The van der Waals surface area contributed by atoms with Crippen LogP contribution in [0.5, 0.6) is 0 Å². The van der Waals surface area contributed by atoms with E-state index >= 15 is 0 Å². The van der Waals surface area contributed by atoms with Crippen LogP contribution < -0.4 is 10.2 Å². The molecular formula is C13H12ClN3O. The van der Waals surface area contributed by atoms with Crippen LogP contribution in [0, 0.1) is 0 Å². The summed E-state index contributed by atoms with van der Waals surface area (Å²) in [6.45, 7) is 0. The summed E-state index contributed by atoms with van der Waals surface area (Å²) in [5, 5.41) is 3.34. The number of carbonyl (C=O) groups is 1. The molecular weight excluding hydrogens is 250 g/mol. The topological polar surface area (TPSA) is 45.2 Å². The van der Waals surface area contributed by atoms with Gasteiger partial charge in [0.2, 0.25) is 0 Å². The van der Waals surface area contributed by atoms with Crippen molar-refractivity contribution in [2.75, 3.05) is 17.3 Å². The Labute approximate surface area is 110 Å². The van der Waals surface area contributed by atoms with E-state index in [9.17, 15) is 4.79 Å². The Balaban J connectivity index is 2.09. The third kappa shape index (κ3) is 2.99. The van der Waals surface area contributed by atoms with Gasteiger partial charge in [-0.05, 0) is 30.3 Å². The molecule has 0 aliphatic rings.